The normalized spacial score (nSPS) is 26.6. The average Bonchev–Trinajstić information content (AvgIpc) is 2.31. The van der Waals surface area contributed by atoms with E-state index in [0.29, 0.717) is 12.1 Å². The van der Waals surface area contributed by atoms with E-state index in [-0.39, 0.29) is 6.10 Å². The topological polar surface area (TPSA) is 23.5 Å². The van der Waals surface area contributed by atoms with Gasteiger partial charge in [0.25, 0.3) is 0 Å². The van der Waals surface area contributed by atoms with Crippen molar-refractivity contribution < 1.29 is 5.11 Å². The molecule has 1 fully saturated rings. The van der Waals surface area contributed by atoms with Gasteiger partial charge < -0.3 is 5.11 Å². The summed E-state index contributed by atoms with van der Waals surface area (Å²) in [6.07, 6.45) is 8.23. The van der Waals surface area contributed by atoms with Gasteiger partial charge in [0.05, 0.1) is 6.10 Å². The Bertz CT molecular complexity index is 184. The van der Waals surface area contributed by atoms with E-state index in [1.807, 2.05) is 0 Å². The fourth-order valence-electron chi connectivity index (χ4n) is 3.11. The average molecular weight is 227 g/mol. The summed E-state index contributed by atoms with van der Waals surface area (Å²) in [4.78, 5) is 2.59. The first-order valence-corrected chi connectivity index (χ1v) is 7.18. The van der Waals surface area contributed by atoms with Gasteiger partial charge in [-0.3, -0.25) is 4.90 Å². The number of hydrogen-bond acceptors (Lipinski definition) is 2. The molecule has 0 radical (unpaired) electrons. The fraction of sp³-hybridized carbons (Fsp3) is 1.00. The number of likely N-dealkylation sites (tertiary alicyclic amines) is 1. The molecule has 0 aliphatic carbocycles. The van der Waals surface area contributed by atoms with E-state index in [0.717, 1.165) is 19.3 Å². The maximum atomic E-state index is 10.2. The highest BCUT2D eigenvalue weighted by atomic mass is 16.3. The second kappa shape index (κ2) is 7.29. The first kappa shape index (κ1) is 14.0. The minimum absolute atomic E-state index is 0.123. The van der Waals surface area contributed by atoms with Gasteiger partial charge in [-0.1, -0.05) is 33.6 Å². The van der Waals surface area contributed by atoms with E-state index >= 15 is 0 Å². The molecule has 3 atom stereocenters. The van der Waals surface area contributed by atoms with Crippen LogP contribution in [0.5, 0.6) is 0 Å². The Hall–Kier alpha value is -0.0800. The zero-order chi connectivity index (χ0) is 12.0. The summed E-state index contributed by atoms with van der Waals surface area (Å²) >= 11 is 0. The van der Waals surface area contributed by atoms with Crippen molar-refractivity contribution in [2.24, 2.45) is 0 Å². The zero-order valence-electron chi connectivity index (χ0n) is 11.3. The standard InChI is InChI=1S/C14H29NO/c1-4-9-14(16)13(6-3)15-11-8-7-10-12(15)5-2/h12-14,16H,4-11H2,1-3H3. The summed E-state index contributed by atoms with van der Waals surface area (Å²) < 4.78 is 0. The van der Waals surface area contributed by atoms with Crippen LogP contribution in [0, 0.1) is 0 Å². The van der Waals surface area contributed by atoms with Crippen molar-refractivity contribution in [3.05, 3.63) is 0 Å². The lowest BCUT2D eigenvalue weighted by molar-refractivity contribution is 0.000661. The Kier molecular flexibility index (Phi) is 6.37. The van der Waals surface area contributed by atoms with E-state index < -0.39 is 0 Å². The van der Waals surface area contributed by atoms with Gasteiger partial charge in [-0.15, -0.1) is 0 Å². The molecular weight excluding hydrogens is 198 g/mol. The lowest BCUT2D eigenvalue weighted by Crippen LogP contribution is -2.50. The van der Waals surface area contributed by atoms with E-state index in [2.05, 4.69) is 25.7 Å². The minimum atomic E-state index is -0.123. The van der Waals surface area contributed by atoms with Crippen LogP contribution in [-0.4, -0.2) is 34.7 Å². The molecule has 0 aromatic carbocycles. The Morgan fingerprint density at radius 3 is 2.56 bits per heavy atom. The van der Waals surface area contributed by atoms with Crippen LogP contribution in [0.4, 0.5) is 0 Å². The number of aliphatic hydroxyl groups excluding tert-OH is 1. The van der Waals surface area contributed by atoms with Crippen molar-refractivity contribution in [2.75, 3.05) is 6.54 Å². The van der Waals surface area contributed by atoms with Crippen LogP contribution in [0.15, 0.2) is 0 Å². The number of rotatable bonds is 6. The second-order valence-electron chi connectivity index (χ2n) is 5.13. The molecule has 1 heterocycles. The molecule has 0 spiro atoms. The van der Waals surface area contributed by atoms with E-state index in [1.54, 1.807) is 0 Å². The molecule has 16 heavy (non-hydrogen) atoms. The largest absolute Gasteiger partial charge is 0.391 e. The lowest BCUT2D eigenvalue weighted by Gasteiger charge is -2.42. The maximum Gasteiger partial charge on any atom is 0.0695 e. The van der Waals surface area contributed by atoms with Crippen LogP contribution >= 0.6 is 0 Å². The highest BCUT2D eigenvalue weighted by Gasteiger charge is 2.30. The predicted octanol–water partition coefficient (Wildman–Crippen LogP) is 3.19. The highest BCUT2D eigenvalue weighted by molar-refractivity contribution is 4.85. The minimum Gasteiger partial charge on any atom is -0.391 e. The summed E-state index contributed by atoms with van der Waals surface area (Å²) in [5, 5.41) is 10.2. The van der Waals surface area contributed by atoms with Crippen molar-refractivity contribution in [3.63, 3.8) is 0 Å². The van der Waals surface area contributed by atoms with Gasteiger partial charge in [0, 0.05) is 12.1 Å². The molecule has 1 N–H and O–H groups in total. The molecule has 1 saturated heterocycles. The quantitative estimate of drug-likeness (QED) is 0.753. The molecule has 2 nitrogen and oxygen atoms in total. The predicted molar refractivity (Wildman–Crippen MR) is 69.6 cm³/mol. The van der Waals surface area contributed by atoms with Crippen LogP contribution in [-0.2, 0) is 0 Å². The first-order valence-electron chi connectivity index (χ1n) is 7.18. The smallest absolute Gasteiger partial charge is 0.0695 e. The van der Waals surface area contributed by atoms with Crippen LogP contribution in [0.25, 0.3) is 0 Å². The van der Waals surface area contributed by atoms with Crippen molar-refractivity contribution in [2.45, 2.75) is 83.9 Å². The Balaban J connectivity index is 2.61. The number of aliphatic hydroxyl groups is 1. The van der Waals surface area contributed by atoms with Crippen LogP contribution in [0.2, 0.25) is 0 Å². The van der Waals surface area contributed by atoms with Crippen molar-refractivity contribution in [1.82, 2.24) is 4.90 Å². The van der Waals surface area contributed by atoms with Gasteiger partial charge in [0.15, 0.2) is 0 Å². The molecule has 0 amide bonds. The lowest BCUT2D eigenvalue weighted by atomic mass is 9.93. The van der Waals surface area contributed by atoms with Gasteiger partial charge in [-0.25, -0.2) is 0 Å². The number of piperidine rings is 1. The molecule has 0 saturated carbocycles. The molecule has 0 aromatic rings. The van der Waals surface area contributed by atoms with Crippen LogP contribution in [0.3, 0.4) is 0 Å². The SMILES string of the molecule is CCCC(O)C(CC)N1CCCCC1CC. The number of hydrogen-bond donors (Lipinski definition) is 1. The Morgan fingerprint density at radius 2 is 2.00 bits per heavy atom. The van der Waals surface area contributed by atoms with Crippen LogP contribution in [0.1, 0.15) is 65.7 Å². The molecule has 1 rings (SSSR count). The van der Waals surface area contributed by atoms with Crippen molar-refractivity contribution in [1.29, 1.82) is 0 Å². The summed E-state index contributed by atoms with van der Waals surface area (Å²) in [5.41, 5.74) is 0. The monoisotopic (exact) mass is 227 g/mol. The molecule has 0 aromatic heterocycles. The molecule has 96 valence electrons. The third-order valence-corrected chi connectivity index (χ3v) is 4.02. The first-order chi connectivity index (χ1) is 7.74. The molecule has 1 aliphatic rings. The van der Waals surface area contributed by atoms with Gasteiger partial charge >= 0.3 is 0 Å². The van der Waals surface area contributed by atoms with Gasteiger partial charge in [-0.05, 0) is 38.6 Å². The molecule has 0 bridgehead atoms. The van der Waals surface area contributed by atoms with E-state index in [1.165, 1.54) is 32.2 Å². The van der Waals surface area contributed by atoms with Gasteiger partial charge in [0.1, 0.15) is 0 Å². The Morgan fingerprint density at radius 1 is 1.25 bits per heavy atom. The second-order valence-corrected chi connectivity index (χ2v) is 5.13. The van der Waals surface area contributed by atoms with Gasteiger partial charge in [0.2, 0.25) is 0 Å². The summed E-state index contributed by atoms with van der Waals surface area (Å²) in [6.45, 7) is 7.84. The van der Waals surface area contributed by atoms with Crippen molar-refractivity contribution >= 4 is 0 Å². The fourth-order valence-corrected chi connectivity index (χ4v) is 3.11. The van der Waals surface area contributed by atoms with E-state index in [9.17, 15) is 5.11 Å². The highest BCUT2D eigenvalue weighted by Crippen LogP contribution is 2.25. The Labute approximate surface area is 101 Å². The van der Waals surface area contributed by atoms with Gasteiger partial charge in [-0.2, -0.15) is 0 Å². The molecular formula is C14H29NO. The summed E-state index contributed by atoms with van der Waals surface area (Å²) in [7, 11) is 0. The summed E-state index contributed by atoms with van der Waals surface area (Å²) in [6, 6.07) is 1.11. The maximum absolute atomic E-state index is 10.2. The van der Waals surface area contributed by atoms with E-state index in [4.69, 9.17) is 0 Å². The number of nitrogens with zero attached hydrogens (tertiary/aromatic N) is 1. The zero-order valence-corrected chi connectivity index (χ0v) is 11.3. The molecule has 3 unspecified atom stereocenters. The third kappa shape index (κ3) is 3.46. The summed E-state index contributed by atoms with van der Waals surface area (Å²) in [5.74, 6) is 0. The molecule has 1 aliphatic heterocycles. The third-order valence-electron chi connectivity index (χ3n) is 4.02. The van der Waals surface area contributed by atoms with Crippen molar-refractivity contribution in [3.8, 4) is 0 Å². The van der Waals surface area contributed by atoms with Crippen LogP contribution < -0.4 is 0 Å². The molecule has 2 heteroatoms.